The van der Waals surface area contributed by atoms with Gasteiger partial charge in [0.2, 0.25) is 0 Å². The number of nitrogens with one attached hydrogen (secondary N) is 2. The minimum Gasteiger partial charge on any atom is -0.466 e. The van der Waals surface area contributed by atoms with Crippen LogP contribution in [0.4, 0.5) is 9.59 Å². The molecule has 0 saturated carbocycles. The largest absolute Gasteiger partial charge is 0.466 e. The monoisotopic (exact) mass is 294 g/mol. The minimum atomic E-state index is -0.892. The average Bonchev–Trinajstić information content (AvgIpc) is 2.12. The second-order valence-electron chi connectivity index (χ2n) is 5.97. The molecule has 0 aliphatic heterocycles. The van der Waals surface area contributed by atoms with Crippen molar-refractivity contribution in [1.82, 2.24) is 9.96 Å². The van der Waals surface area contributed by atoms with Crippen molar-refractivity contribution in [3.8, 4) is 0 Å². The fourth-order valence-electron chi connectivity index (χ4n) is 0.670. The van der Waals surface area contributed by atoms with Gasteiger partial charge < -0.3 is 19.8 Å². The maximum absolute atomic E-state index is 10.5. The van der Waals surface area contributed by atoms with Crippen LogP contribution in [0.25, 0.3) is 0 Å². The molecule has 0 aromatic carbocycles. The first-order valence-corrected chi connectivity index (χ1v) is 8.16. The molecule has 0 atom stereocenters. The van der Waals surface area contributed by atoms with Gasteiger partial charge in [-0.3, -0.25) is 0 Å². The fourth-order valence-corrected chi connectivity index (χ4v) is 1.45. The summed E-state index contributed by atoms with van der Waals surface area (Å²) in [5, 5.41) is 8.38. The Morgan fingerprint density at radius 1 is 1.17 bits per heavy atom. The molecule has 18 heavy (non-hydrogen) atoms. The maximum atomic E-state index is 10.5. The molecule has 0 aliphatic carbocycles. The van der Waals surface area contributed by atoms with E-state index in [1.54, 1.807) is 0 Å². The van der Waals surface area contributed by atoms with Crippen LogP contribution >= 0.6 is 0 Å². The second-order valence-corrected chi connectivity index (χ2v) is 9.30. The van der Waals surface area contributed by atoms with Crippen LogP contribution in [-0.4, -0.2) is 43.0 Å². The molecule has 0 radical (unpaired) electrons. The fraction of sp³-hybridized carbons (Fsp3) is 0.800. The third-order valence-corrected chi connectivity index (χ3v) is 3.32. The summed E-state index contributed by atoms with van der Waals surface area (Å²) in [4.78, 5) is 25.4. The molecular weight excluding hydrogens is 268 g/mol. The Morgan fingerprint density at radius 3 is 1.72 bits per heavy atom. The number of carbonyl (C=O) groups excluding carboxylic acids is 1. The van der Waals surface area contributed by atoms with E-state index in [-0.39, 0.29) is 16.7 Å². The molecule has 3 N–H and O–H groups in total. The molecule has 8 heteroatoms. The standard InChI is InChI=1S/2C5H13NO2Si/c1-5(2,3)9-6-4(7)8;1-5(2,3)8-4(7)6-9/h6H,9H2,1-3H3,(H,7,8);1-3,9H3,(H,6,7). The third kappa shape index (κ3) is 20.4. The van der Waals surface area contributed by atoms with Gasteiger partial charge in [-0.15, -0.1) is 0 Å². The number of carboxylic acid groups (broad SMARTS) is 1. The van der Waals surface area contributed by atoms with Crippen molar-refractivity contribution in [3.05, 3.63) is 0 Å². The normalized spacial score (nSPS) is 11.7. The van der Waals surface area contributed by atoms with Crippen LogP contribution in [0.15, 0.2) is 0 Å². The molecule has 108 valence electrons. The molecular formula is C10H26N2O4Si2. The van der Waals surface area contributed by atoms with Gasteiger partial charge in [0.1, 0.15) is 25.7 Å². The smallest absolute Gasteiger partial charge is 0.398 e. The number of hydrogen-bond acceptors (Lipinski definition) is 3. The summed E-state index contributed by atoms with van der Waals surface area (Å²) >= 11 is 0. The van der Waals surface area contributed by atoms with E-state index in [1.807, 2.05) is 41.5 Å². The quantitative estimate of drug-likeness (QED) is 0.609. The molecule has 0 unspecified atom stereocenters. The van der Waals surface area contributed by atoms with Crippen molar-refractivity contribution in [1.29, 1.82) is 0 Å². The Balaban J connectivity index is 0. The Bertz CT molecular complexity index is 272. The van der Waals surface area contributed by atoms with Crippen LogP contribution in [0.5, 0.6) is 0 Å². The van der Waals surface area contributed by atoms with Crippen LogP contribution in [0.1, 0.15) is 41.5 Å². The number of carbonyl (C=O) groups is 2. The lowest BCUT2D eigenvalue weighted by Crippen LogP contribution is -2.31. The van der Waals surface area contributed by atoms with Crippen molar-refractivity contribution in [3.63, 3.8) is 0 Å². The lowest BCUT2D eigenvalue weighted by molar-refractivity contribution is 0.0570. The minimum absolute atomic E-state index is 0.179. The highest BCUT2D eigenvalue weighted by Gasteiger charge is 2.13. The zero-order valence-corrected chi connectivity index (χ0v) is 15.8. The third-order valence-electron chi connectivity index (χ3n) is 1.37. The van der Waals surface area contributed by atoms with E-state index in [2.05, 4.69) is 9.96 Å². The summed E-state index contributed by atoms with van der Waals surface area (Å²) in [7, 11) is -0.00573. The van der Waals surface area contributed by atoms with E-state index < -0.39 is 15.8 Å². The van der Waals surface area contributed by atoms with Gasteiger partial charge in [-0.1, -0.05) is 20.8 Å². The summed E-state index contributed by atoms with van der Waals surface area (Å²) in [5.41, 5.74) is -0.367. The van der Waals surface area contributed by atoms with Gasteiger partial charge in [-0.25, -0.2) is 9.59 Å². The molecule has 0 bridgehead atoms. The van der Waals surface area contributed by atoms with Crippen LogP contribution in [0.3, 0.4) is 0 Å². The molecule has 0 aliphatic rings. The van der Waals surface area contributed by atoms with Gasteiger partial charge in [-0.2, -0.15) is 0 Å². The molecule has 0 fully saturated rings. The SMILES string of the molecule is CC(C)(C)OC(=O)N[SiH3].CC(C)(C)[SiH2]NC(=O)O. The molecule has 0 saturated heterocycles. The summed E-state index contributed by atoms with van der Waals surface area (Å²) in [5.74, 6) is 0. The van der Waals surface area contributed by atoms with Gasteiger partial charge in [0, 0.05) is 0 Å². The highest BCUT2D eigenvalue weighted by molar-refractivity contribution is 6.40. The zero-order chi connectivity index (χ0) is 15.0. The van der Waals surface area contributed by atoms with E-state index in [1.165, 1.54) is 0 Å². The lowest BCUT2D eigenvalue weighted by Gasteiger charge is -2.18. The van der Waals surface area contributed by atoms with Gasteiger partial charge in [0.15, 0.2) is 0 Å². The first kappa shape index (κ1) is 19.3. The highest BCUT2D eigenvalue weighted by atomic mass is 28.2. The number of hydrogen-bond donors (Lipinski definition) is 3. The first-order valence-electron chi connectivity index (χ1n) is 5.75. The van der Waals surface area contributed by atoms with Crippen molar-refractivity contribution >= 4 is 32.3 Å². The predicted molar refractivity (Wildman–Crippen MR) is 78.7 cm³/mol. The number of amides is 2. The molecule has 0 spiro atoms. The van der Waals surface area contributed by atoms with Crippen molar-refractivity contribution in [2.75, 3.05) is 0 Å². The van der Waals surface area contributed by atoms with E-state index in [4.69, 9.17) is 9.84 Å². The first-order chi connectivity index (χ1) is 7.87. The number of ether oxygens (including phenoxy) is 1. The Hall–Kier alpha value is -1.03. The Labute approximate surface area is 114 Å². The van der Waals surface area contributed by atoms with E-state index in [9.17, 15) is 9.59 Å². The summed E-state index contributed by atoms with van der Waals surface area (Å²) < 4.78 is 4.87. The van der Waals surface area contributed by atoms with Gasteiger partial charge in [0.05, 0.1) is 0 Å². The van der Waals surface area contributed by atoms with Crippen LogP contribution in [0, 0.1) is 0 Å². The topological polar surface area (TPSA) is 87.7 Å². The Kier molecular flexibility index (Phi) is 8.74. The lowest BCUT2D eigenvalue weighted by atomic mass is 10.2. The molecule has 0 aromatic rings. The molecule has 0 heterocycles. The molecule has 0 rings (SSSR count). The van der Waals surface area contributed by atoms with Gasteiger partial charge in [-0.05, 0) is 25.8 Å². The van der Waals surface area contributed by atoms with E-state index in [0.29, 0.717) is 10.4 Å². The highest BCUT2D eigenvalue weighted by Crippen LogP contribution is 2.17. The van der Waals surface area contributed by atoms with E-state index >= 15 is 0 Å². The average molecular weight is 295 g/mol. The Morgan fingerprint density at radius 2 is 1.61 bits per heavy atom. The molecule has 6 nitrogen and oxygen atoms in total. The zero-order valence-electron chi connectivity index (χ0n) is 12.4. The van der Waals surface area contributed by atoms with Crippen LogP contribution < -0.4 is 9.96 Å². The summed E-state index contributed by atoms with van der Waals surface area (Å²) in [6.07, 6.45) is -1.22. The predicted octanol–water partition coefficient (Wildman–Crippen LogP) is 0.348. The van der Waals surface area contributed by atoms with Gasteiger partial charge in [0.25, 0.3) is 0 Å². The van der Waals surface area contributed by atoms with Crippen LogP contribution in [-0.2, 0) is 4.74 Å². The number of rotatable bonds is 1. The molecule has 0 aromatic heterocycles. The van der Waals surface area contributed by atoms with E-state index in [0.717, 1.165) is 0 Å². The van der Waals surface area contributed by atoms with Crippen molar-refractivity contribution in [2.45, 2.75) is 52.2 Å². The summed E-state index contributed by atoms with van der Waals surface area (Å²) in [6, 6.07) is 0. The van der Waals surface area contributed by atoms with Crippen molar-refractivity contribution in [2.24, 2.45) is 0 Å². The second kappa shape index (κ2) is 8.14. The van der Waals surface area contributed by atoms with Crippen LogP contribution in [0.2, 0.25) is 5.04 Å². The maximum Gasteiger partial charge on any atom is 0.398 e. The molecule has 2 amide bonds. The summed E-state index contributed by atoms with van der Waals surface area (Å²) in [6.45, 7) is 11.6. The van der Waals surface area contributed by atoms with Gasteiger partial charge >= 0.3 is 12.2 Å². The van der Waals surface area contributed by atoms with Crippen molar-refractivity contribution < 1.29 is 19.4 Å².